The van der Waals surface area contributed by atoms with Crippen LogP contribution < -0.4 is 5.48 Å². The highest BCUT2D eigenvalue weighted by Gasteiger charge is 2.11. The summed E-state index contributed by atoms with van der Waals surface area (Å²) in [4.78, 5) is 7.05. The van der Waals surface area contributed by atoms with E-state index in [1.807, 2.05) is 6.92 Å². The summed E-state index contributed by atoms with van der Waals surface area (Å²) in [5.74, 6) is 0.180. The van der Waals surface area contributed by atoms with E-state index in [1.165, 1.54) is 24.5 Å². The third-order valence-electron chi connectivity index (χ3n) is 3.09. The standard InChI is InChI=1S/C14H13FN4O/c1-8-3-4-10(15)5-11(8)14-17-6-12-13(20)7-16-9(2)18-19(12)14/h3-7,16,18,20H,2H2,1H3. The predicted octanol–water partition coefficient (Wildman–Crippen LogP) is 2.06. The minimum atomic E-state index is -0.340. The molecule has 0 bridgehead atoms. The van der Waals surface area contributed by atoms with Crippen LogP contribution in [0.15, 0.2) is 30.6 Å². The molecule has 0 aliphatic rings. The fourth-order valence-electron chi connectivity index (χ4n) is 2.07. The van der Waals surface area contributed by atoms with Crippen LogP contribution in [0.1, 0.15) is 5.56 Å². The minimum Gasteiger partial charge on any atom is -0.504 e. The van der Waals surface area contributed by atoms with E-state index in [1.54, 1.807) is 10.6 Å². The summed E-state index contributed by atoms with van der Waals surface area (Å²) in [7, 11) is 0. The van der Waals surface area contributed by atoms with Crippen LogP contribution in [0.25, 0.3) is 23.5 Å². The van der Waals surface area contributed by atoms with Crippen molar-refractivity contribution < 1.29 is 9.50 Å². The molecule has 2 heterocycles. The number of imidazole rings is 1. The van der Waals surface area contributed by atoms with Gasteiger partial charge in [-0.05, 0) is 24.6 Å². The number of aromatic nitrogens is 4. The Morgan fingerprint density at radius 1 is 1.40 bits per heavy atom. The minimum absolute atomic E-state index is 0.0176. The first kappa shape index (κ1) is 12.3. The van der Waals surface area contributed by atoms with Gasteiger partial charge in [-0.1, -0.05) is 12.6 Å². The van der Waals surface area contributed by atoms with Gasteiger partial charge in [0.25, 0.3) is 0 Å². The van der Waals surface area contributed by atoms with Crippen molar-refractivity contribution in [3.63, 3.8) is 0 Å². The molecule has 0 saturated heterocycles. The largest absolute Gasteiger partial charge is 0.504 e. The Morgan fingerprint density at radius 3 is 3.00 bits per heavy atom. The zero-order chi connectivity index (χ0) is 14.3. The summed E-state index contributed by atoms with van der Waals surface area (Å²) in [5, 5.41) is 12.9. The second-order valence-corrected chi connectivity index (χ2v) is 4.53. The molecule has 1 aromatic carbocycles. The molecule has 0 spiro atoms. The molecule has 0 aliphatic heterocycles. The highest BCUT2D eigenvalue weighted by Crippen LogP contribution is 2.25. The van der Waals surface area contributed by atoms with Crippen molar-refractivity contribution in [1.82, 2.24) is 19.6 Å². The Hall–Kier alpha value is -2.76. The van der Waals surface area contributed by atoms with Gasteiger partial charge in [0.05, 0.1) is 6.20 Å². The van der Waals surface area contributed by atoms with Gasteiger partial charge < -0.3 is 10.1 Å². The normalized spacial score (nSPS) is 10.9. The number of benzene rings is 1. The lowest BCUT2D eigenvalue weighted by molar-refractivity contribution is 0.478. The van der Waals surface area contributed by atoms with Gasteiger partial charge in [-0.3, -0.25) is 5.10 Å². The van der Waals surface area contributed by atoms with Gasteiger partial charge >= 0.3 is 0 Å². The number of halogens is 1. The van der Waals surface area contributed by atoms with Crippen LogP contribution in [-0.2, 0) is 0 Å². The van der Waals surface area contributed by atoms with Gasteiger partial charge in [0.1, 0.15) is 16.8 Å². The lowest BCUT2D eigenvalue weighted by Crippen LogP contribution is -2.09. The molecular formula is C14H13FN4O. The van der Waals surface area contributed by atoms with Crippen LogP contribution >= 0.6 is 0 Å². The maximum atomic E-state index is 13.5. The molecule has 3 aromatic rings. The summed E-state index contributed by atoms with van der Waals surface area (Å²) < 4.78 is 15.0. The Bertz CT molecular complexity index is 873. The number of rotatable bonds is 1. The SMILES string of the molecule is C=c1[nH]cc(O)c2cnc(-c3cc(F)ccc3C)n2[nH]1. The predicted molar refractivity (Wildman–Crippen MR) is 74.1 cm³/mol. The van der Waals surface area contributed by atoms with Gasteiger partial charge in [0, 0.05) is 11.8 Å². The number of aromatic amines is 2. The molecule has 0 atom stereocenters. The molecule has 3 rings (SSSR count). The first-order valence-corrected chi connectivity index (χ1v) is 6.02. The smallest absolute Gasteiger partial charge is 0.159 e. The monoisotopic (exact) mass is 272 g/mol. The molecule has 6 heteroatoms. The van der Waals surface area contributed by atoms with E-state index in [9.17, 15) is 9.50 Å². The number of nitrogens with one attached hydrogen (secondary N) is 2. The summed E-state index contributed by atoms with van der Waals surface area (Å²) in [6.45, 7) is 5.63. The highest BCUT2D eigenvalue weighted by molar-refractivity contribution is 5.67. The number of hydrogen-bond donors (Lipinski definition) is 3. The summed E-state index contributed by atoms with van der Waals surface area (Å²) in [5.41, 5.74) is 2.47. The maximum Gasteiger partial charge on any atom is 0.159 e. The van der Waals surface area contributed by atoms with Gasteiger partial charge in [0.2, 0.25) is 0 Å². The lowest BCUT2D eigenvalue weighted by atomic mass is 10.1. The summed E-state index contributed by atoms with van der Waals surface area (Å²) in [6, 6.07) is 4.50. The van der Waals surface area contributed by atoms with Gasteiger partial charge in [0.15, 0.2) is 11.6 Å². The zero-order valence-corrected chi connectivity index (χ0v) is 10.8. The van der Waals surface area contributed by atoms with E-state index in [-0.39, 0.29) is 11.6 Å². The van der Waals surface area contributed by atoms with Crippen molar-refractivity contribution in [2.45, 2.75) is 6.92 Å². The molecule has 0 amide bonds. The molecule has 5 nitrogen and oxygen atoms in total. The Balaban J connectivity index is 2.41. The van der Waals surface area contributed by atoms with Crippen molar-refractivity contribution in [1.29, 1.82) is 0 Å². The van der Waals surface area contributed by atoms with Gasteiger partial charge in [-0.2, -0.15) is 0 Å². The molecule has 20 heavy (non-hydrogen) atoms. The topological polar surface area (TPSA) is 69.1 Å². The number of H-pyrrole nitrogens is 2. The fraction of sp³-hybridized carbons (Fsp3) is 0.0714. The summed E-state index contributed by atoms with van der Waals surface area (Å²) in [6.07, 6.45) is 2.93. The molecule has 0 saturated carbocycles. The highest BCUT2D eigenvalue weighted by atomic mass is 19.1. The number of hydrogen-bond acceptors (Lipinski definition) is 2. The van der Waals surface area contributed by atoms with Crippen LogP contribution in [0, 0.1) is 12.7 Å². The van der Waals surface area contributed by atoms with Crippen LogP contribution in [0.3, 0.4) is 0 Å². The van der Waals surface area contributed by atoms with Crippen LogP contribution in [0.5, 0.6) is 5.75 Å². The number of aromatic hydroxyl groups is 1. The molecule has 102 valence electrons. The van der Waals surface area contributed by atoms with Crippen LogP contribution in [0.4, 0.5) is 4.39 Å². The van der Waals surface area contributed by atoms with Gasteiger partial charge in [-0.15, -0.1) is 0 Å². The van der Waals surface area contributed by atoms with E-state index < -0.39 is 0 Å². The van der Waals surface area contributed by atoms with E-state index in [0.29, 0.717) is 22.4 Å². The molecular weight excluding hydrogens is 259 g/mol. The molecule has 2 aromatic heterocycles. The molecule has 0 unspecified atom stereocenters. The average Bonchev–Trinajstić information content (AvgIpc) is 2.76. The van der Waals surface area contributed by atoms with Crippen molar-refractivity contribution in [2.24, 2.45) is 0 Å². The van der Waals surface area contributed by atoms with Crippen molar-refractivity contribution in [2.75, 3.05) is 0 Å². The van der Waals surface area contributed by atoms with Crippen molar-refractivity contribution in [3.8, 4) is 17.1 Å². The number of aryl methyl sites for hydroxylation is 1. The molecule has 0 radical (unpaired) electrons. The van der Waals surface area contributed by atoms with E-state index in [2.05, 4.69) is 21.6 Å². The van der Waals surface area contributed by atoms with Crippen LogP contribution in [-0.4, -0.2) is 24.7 Å². The third kappa shape index (κ3) is 1.91. The second kappa shape index (κ2) is 4.41. The van der Waals surface area contributed by atoms with Crippen molar-refractivity contribution >= 4 is 12.1 Å². The molecule has 0 fully saturated rings. The average molecular weight is 272 g/mol. The van der Waals surface area contributed by atoms with E-state index in [4.69, 9.17) is 0 Å². The Morgan fingerprint density at radius 2 is 2.20 bits per heavy atom. The molecule has 3 N–H and O–H groups in total. The van der Waals surface area contributed by atoms with Crippen molar-refractivity contribution in [3.05, 3.63) is 47.5 Å². The first-order valence-electron chi connectivity index (χ1n) is 6.02. The summed E-state index contributed by atoms with van der Waals surface area (Å²) >= 11 is 0. The third-order valence-corrected chi connectivity index (χ3v) is 3.09. The van der Waals surface area contributed by atoms with Gasteiger partial charge in [-0.25, -0.2) is 13.9 Å². The Labute approximate surface area is 113 Å². The fourth-order valence-corrected chi connectivity index (χ4v) is 2.07. The number of fused-ring (bicyclic) bond motifs is 1. The quantitative estimate of drug-likeness (QED) is 0.634. The van der Waals surface area contributed by atoms with E-state index >= 15 is 0 Å². The van der Waals surface area contributed by atoms with Crippen LogP contribution in [0.2, 0.25) is 0 Å². The zero-order valence-electron chi connectivity index (χ0n) is 10.8. The van der Waals surface area contributed by atoms with E-state index in [0.717, 1.165) is 5.56 Å². The Kier molecular flexibility index (Phi) is 2.71. The second-order valence-electron chi connectivity index (χ2n) is 4.53. The molecule has 0 aliphatic carbocycles. The maximum absolute atomic E-state index is 13.5. The first-order chi connectivity index (χ1) is 9.56. The lowest BCUT2D eigenvalue weighted by Gasteiger charge is -2.04. The number of nitrogens with zero attached hydrogens (tertiary/aromatic N) is 2.